The molecule has 0 aliphatic heterocycles. The van der Waals surface area contributed by atoms with Crippen LogP contribution in [-0.4, -0.2) is 9.97 Å². The first-order valence-corrected chi connectivity index (χ1v) is 17.8. The second-order valence-corrected chi connectivity index (χ2v) is 13.4. The second kappa shape index (κ2) is 13.4. The van der Waals surface area contributed by atoms with Gasteiger partial charge in [0.15, 0.2) is 5.82 Å². The average molecular weight is 673 g/mol. The van der Waals surface area contributed by atoms with Crippen molar-refractivity contribution in [1.29, 1.82) is 0 Å². The molecule has 242 valence electrons. The van der Waals surface area contributed by atoms with Crippen LogP contribution in [0.4, 0.5) is 28.4 Å². The number of rotatable bonds is 8. The van der Waals surface area contributed by atoms with Gasteiger partial charge in [-0.15, -0.1) is 11.3 Å². The van der Waals surface area contributed by atoms with Gasteiger partial charge in [0.1, 0.15) is 0 Å². The van der Waals surface area contributed by atoms with Gasteiger partial charge in [0.25, 0.3) is 0 Å². The third kappa shape index (κ3) is 6.12. The predicted octanol–water partition coefficient (Wildman–Crippen LogP) is 13.1. The Morgan fingerprint density at radius 2 is 1.02 bits per heavy atom. The summed E-state index contributed by atoms with van der Waals surface area (Å²) in [5, 5.41) is 6.22. The van der Waals surface area contributed by atoms with Crippen molar-refractivity contribution in [3.05, 3.63) is 188 Å². The predicted molar refractivity (Wildman–Crippen MR) is 216 cm³/mol. The molecule has 7 aromatic carbocycles. The molecule has 5 heteroatoms. The minimum absolute atomic E-state index is 0.692. The van der Waals surface area contributed by atoms with Gasteiger partial charge in [-0.1, -0.05) is 115 Å². The fourth-order valence-corrected chi connectivity index (χ4v) is 7.80. The molecule has 2 heterocycles. The van der Waals surface area contributed by atoms with Crippen molar-refractivity contribution in [2.75, 3.05) is 10.2 Å². The molecule has 0 bridgehead atoms. The molecule has 0 radical (unpaired) electrons. The normalized spacial score (nSPS) is 11.1. The van der Waals surface area contributed by atoms with Gasteiger partial charge in [-0.05, 0) is 72.8 Å². The molecule has 9 rings (SSSR count). The third-order valence-electron chi connectivity index (χ3n) is 9.04. The van der Waals surface area contributed by atoms with Crippen LogP contribution in [0, 0.1) is 0 Å². The SMILES string of the molecule is c1ccc(-c2cc(-c3ccccc3)nc(-c3ccc(Nc4cccc(N(c5ccccc5)c5cccc6c5sc5ccccc56)c4)cc3)n2)cc1. The number of thiophene rings is 1. The van der Waals surface area contributed by atoms with E-state index in [1.807, 2.05) is 47.7 Å². The van der Waals surface area contributed by atoms with Crippen LogP contribution < -0.4 is 10.2 Å². The summed E-state index contributed by atoms with van der Waals surface area (Å²) in [5.74, 6) is 0.692. The van der Waals surface area contributed by atoms with E-state index in [0.717, 1.165) is 56.5 Å². The molecule has 0 atom stereocenters. The molecular weight excluding hydrogens is 641 g/mol. The maximum atomic E-state index is 5.00. The highest BCUT2D eigenvalue weighted by atomic mass is 32.1. The minimum atomic E-state index is 0.692. The van der Waals surface area contributed by atoms with Crippen LogP contribution in [0.1, 0.15) is 0 Å². The van der Waals surface area contributed by atoms with Crippen molar-refractivity contribution in [3.8, 4) is 33.9 Å². The van der Waals surface area contributed by atoms with Gasteiger partial charge >= 0.3 is 0 Å². The van der Waals surface area contributed by atoms with E-state index in [0.29, 0.717) is 5.82 Å². The Hall–Kier alpha value is -6.56. The largest absolute Gasteiger partial charge is 0.355 e. The average Bonchev–Trinajstić information content (AvgIpc) is 3.59. The Balaban J connectivity index is 1.05. The third-order valence-corrected chi connectivity index (χ3v) is 10.2. The summed E-state index contributed by atoms with van der Waals surface area (Å²) in [7, 11) is 0. The van der Waals surface area contributed by atoms with Gasteiger partial charge in [-0.2, -0.15) is 0 Å². The molecule has 0 aliphatic carbocycles. The zero-order valence-electron chi connectivity index (χ0n) is 27.6. The number of anilines is 5. The van der Waals surface area contributed by atoms with E-state index in [1.165, 1.54) is 20.2 Å². The molecule has 0 saturated carbocycles. The van der Waals surface area contributed by atoms with Crippen LogP contribution in [0.15, 0.2) is 188 Å². The standard InChI is InChI=1S/C46H32N4S/c1-4-14-32(15-5-1)41-31-42(33-16-6-2-7-17-33)49-46(48-41)34-26-28-35(29-27-34)47-36-18-12-21-38(30-36)50(37-19-8-3-9-20-37)43-24-13-23-40-39-22-10-11-25-44(39)51-45(40)43/h1-31,47H. The van der Waals surface area contributed by atoms with Crippen molar-refractivity contribution in [2.45, 2.75) is 0 Å². The summed E-state index contributed by atoms with van der Waals surface area (Å²) in [6.45, 7) is 0. The van der Waals surface area contributed by atoms with E-state index in [4.69, 9.17) is 9.97 Å². The Labute approximate surface area is 301 Å². The fraction of sp³-hybridized carbons (Fsp3) is 0. The molecule has 0 aliphatic rings. The summed E-state index contributed by atoms with van der Waals surface area (Å²) in [6.07, 6.45) is 0. The lowest BCUT2D eigenvalue weighted by Gasteiger charge is -2.26. The van der Waals surface area contributed by atoms with E-state index >= 15 is 0 Å². The van der Waals surface area contributed by atoms with Gasteiger partial charge < -0.3 is 10.2 Å². The Kier molecular flexibility index (Phi) is 8.01. The van der Waals surface area contributed by atoms with Crippen molar-refractivity contribution < 1.29 is 0 Å². The van der Waals surface area contributed by atoms with Crippen molar-refractivity contribution in [1.82, 2.24) is 9.97 Å². The first kappa shape index (κ1) is 30.5. The Bertz CT molecular complexity index is 2540. The van der Waals surface area contributed by atoms with E-state index in [2.05, 4.69) is 162 Å². The molecule has 51 heavy (non-hydrogen) atoms. The van der Waals surface area contributed by atoms with Crippen LogP contribution in [0.5, 0.6) is 0 Å². The summed E-state index contributed by atoms with van der Waals surface area (Å²) in [6, 6.07) is 65.5. The lowest BCUT2D eigenvalue weighted by molar-refractivity contribution is 1.18. The van der Waals surface area contributed by atoms with Crippen LogP contribution >= 0.6 is 11.3 Å². The highest BCUT2D eigenvalue weighted by molar-refractivity contribution is 7.26. The summed E-state index contributed by atoms with van der Waals surface area (Å²) >= 11 is 1.84. The van der Waals surface area contributed by atoms with Crippen molar-refractivity contribution >= 4 is 59.9 Å². The fourth-order valence-electron chi connectivity index (χ4n) is 6.59. The van der Waals surface area contributed by atoms with Crippen LogP contribution in [0.25, 0.3) is 54.1 Å². The Morgan fingerprint density at radius 1 is 0.431 bits per heavy atom. The summed E-state index contributed by atoms with van der Waals surface area (Å²) < 4.78 is 2.56. The van der Waals surface area contributed by atoms with Crippen LogP contribution in [0.2, 0.25) is 0 Å². The maximum absolute atomic E-state index is 5.00. The highest BCUT2D eigenvalue weighted by Gasteiger charge is 2.18. The number of nitrogens with zero attached hydrogens (tertiary/aromatic N) is 3. The second-order valence-electron chi connectivity index (χ2n) is 12.4. The monoisotopic (exact) mass is 672 g/mol. The number of fused-ring (bicyclic) bond motifs is 3. The molecule has 0 saturated heterocycles. The molecular formula is C46H32N4S. The lowest BCUT2D eigenvalue weighted by atomic mass is 10.1. The van der Waals surface area contributed by atoms with Gasteiger partial charge in [0, 0.05) is 54.9 Å². The maximum Gasteiger partial charge on any atom is 0.160 e. The minimum Gasteiger partial charge on any atom is -0.355 e. The van der Waals surface area contributed by atoms with Gasteiger partial charge in [0.05, 0.1) is 21.8 Å². The zero-order chi connectivity index (χ0) is 34.0. The summed E-state index contributed by atoms with van der Waals surface area (Å²) in [4.78, 5) is 12.4. The van der Waals surface area contributed by atoms with Crippen molar-refractivity contribution in [2.24, 2.45) is 0 Å². The zero-order valence-corrected chi connectivity index (χ0v) is 28.5. The molecule has 0 fully saturated rings. The Morgan fingerprint density at radius 3 is 1.73 bits per heavy atom. The molecule has 9 aromatic rings. The number of hydrogen-bond donors (Lipinski definition) is 1. The van der Waals surface area contributed by atoms with Crippen molar-refractivity contribution in [3.63, 3.8) is 0 Å². The van der Waals surface area contributed by atoms with Crippen LogP contribution in [0.3, 0.4) is 0 Å². The lowest BCUT2D eigenvalue weighted by Crippen LogP contribution is -2.10. The van der Waals surface area contributed by atoms with E-state index < -0.39 is 0 Å². The number of benzene rings is 7. The molecule has 0 unspecified atom stereocenters. The van der Waals surface area contributed by atoms with Crippen LogP contribution in [-0.2, 0) is 0 Å². The topological polar surface area (TPSA) is 41.1 Å². The number of hydrogen-bond acceptors (Lipinski definition) is 5. The molecule has 0 spiro atoms. The molecule has 2 aromatic heterocycles. The first-order valence-electron chi connectivity index (χ1n) is 17.0. The van der Waals surface area contributed by atoms with Gasteiger partial charge in [-0.3, -0.25) is 0 Å². The quantitative estimate of drug-likeness (QED) is 0.174. The number of para-hydroxylation sites is 1. The van der Waals surface area contributed by atoms with Gasteiger partial charge in [0.2, 0.25) is 0 Å². The smallest absolute Gasteiger partial charge is 0.160 e. The first-order chi connectivity index (χ1) is 25.3. The van der Waals surface area contributed by atoms with E-state index in [-0.39, 0.29) is 0 Å². The number of aromatic nitrogens is 2. The van der Waals surface area contributed by atoms with Gasteiger partial charge in [-0.25, -0.2) is 9.97 Å². The molecule has 4 nitrogen and oxygen atoms in total. The van der Waals surface area contributed by atoms with E-state index in [9.17, 15) is 0 Å². The summed E-state index contributed by atoms with van der Waals surface area (Å²) in [5.41, 5.74) is 10.2. The van der Waals surface area contributed by atoms with E-state index in [1.54, 1.807) is 0 Å². The molecule has 0 amide bonds. The molecule has 1 N–H and O–H groups in total. The highest BCUT2D eigenvalue weighted by Crippen LogP contribution is 2.45. The number of nitrogens with one attached hydrogen (secondary N) is 1.